The third-order valence-electron chi connectivity index (χ3n) is 4.91. The zero-order valence-corrected chi connectivity index (χ0v) is 17.3. The number of nitrogens with zero attached hydrogens (tertiary/aromatic N) is 3. The molecule has 28 heavy (non-hydrogen) atoms. The summed E-state index contributed by atoms with van der Waals surface area (Å²) >= 11 is 3.36. The van der Waals surface area contributed by atoms with Crippen LogP contribution in [0.3, 0.4) is 0 Å². The van der Waals surface area contributed by atoms with Gasteiger partial charge in [0.25, 0.3) is 0 Å². The Morgan fingerprint density at radius 3 is 3.00 bits per heavy atom. The van der Waals surface area contributed by atoms with Gasteiger partial charge in [-0.05, 0) is 42.3 Å². The van der Waals surface area contributed by atoms with Crippen LogP contribution in [0.5, 0.6) is 0 Å². The van der Waals surface area contributed by atoms with Gasteiger partial charge >= 0.3 is 0 Å². The fraction of sp³-hybridized carbons (Fsp3) is 0.381. The molecule has 3 heterocycles. The standard InChI is InChI=1S/C21H23N3O2S2/c25-20(9-12-28-18-6-2-1-3-7-18)24-10-4-5-16(14-24)13-19-22-21(23-26-19)17-8-11-27-15-17/h1-3,6-8,11,15-16H,4-5,9-10,12-14H2. The van der Waals surface area contributed by atoms with E-state index in [1.165, 1.54) is 4.90 Å². The SMILES string of the molecule is O=C(CCSc1ccccc1)N1CCCC(Cc2nc(-c3ccsc3)no2)C1. The van der Waals surface area contributed by atoms with E-state index in [0.29, 0.717) is 24.1 Å². The summed E-state index contributed by atoms with van der Waals surface area (Å²) in [6, 6.07) is 12.2. The van der Waals surface area contributed by atoms with Crippen LogP contribution >= 0.6 is 23.1 Å². The van der Waals surface area contributed by atoms with Crippen LogP contribution in [0.1, 0.15) is 25.2 Å². The van der Waals surface area contributed by atoms with Crippen LogP contribution < -0.4 is 0 Å². The van der Waals surface area contributed by atoms with Crippen LogP contribution in [0.25, 0.3) is 11.4 Å². The summed E-state index contributed by atoms with van der Waals surface area (Å²) in [5.74, 6) is 2.77. The highest BCUT2D eigenvalue weighted by atomic mass is 32.2. The molecule has 0 bridgehead atoms. The number of carbonyl (C=O) groups is 1. The maximum absolute atomic E-state index is 12.6. The van der Waals surface area contributed by atoms with Crippen LogP contribution in [-0.4, -0.2) is 39.8 Å². The molecular weight excluding hydrogens is 390 g/mol. The minimum absolute atomic E-state index is 0.248. The summed E-state index contributed by atoms with van der Waals surface area (Å²) in [6.45, 7) is 1.64. The third kappa shape index (κ3) is 5.02. The quantitative estimate of drug-likeness (QED) is 0.523. The Morgan fingerprint density at radius 1 is 1.29 bits per heavy atom. The van der Waals surface area contributed by atoms with Gasteiger partial charge < -0.3 is 9.42 Å². The lowest BCUT2D eigenvalue weighted by molar-refractivity contribution is -0.132. The van der Waals surface area contributed by atoms with Crippen molar-refractivity contribution >= 4 is 29.0 Å². The fourth-order valence-electron chi connectivity index (χ4n) is 3.48. The van der Waals surface area contributed by atoms with Crippen LogP contribution in [0.4, 0.5) is 0 Å². The first-order chi connectivity index (χ1) is 13.8. The van der Waals surface area contributed by atoms with Gasteiger partial charge in [-0.2, -0.15) is 16.3 Å². The molecule has 1 saturated heterocycles. The second-order valence-electron chi connectivity index (χ2n) is 6.99. The summed E-state index contributed by atoms with van der Waals surface area (Å²) in [7, 11) is 0. The summed E-state index contributed by atoms with van der Waals surface area (Å²) in [5.41, 5.74) is 0.997. The van der Waals surface area contributed by atoms with Crippen molar-refractivity contribution in [1.29, 1.82) is 0 Å². The predicted octanol–water partition coefficient (Wildman–Crippen LogP) is 4.76. The summed E-state index contributed by atoms with van der Waals surface area (Å²) in [6.07, 6.45) is 3.45. The molecule has 0 radical (unpaired) electrons. The lowest BCUT2D eigenvalue weighted by Gasteiger charge is -2.32. The average Bonchev–Trinajstić information content (AvgIpc) is 3.41. The fourth-order valence-corrected chi connectivity index (χ4v) is 4.98. The van der Waals surface area contributed by atoms with Crippen molar-refractivity contribution in [3.05, 3.63) is 53.0 Å². The van der Waals surface area contributed by atoms with Crippen LogP contribution in [-0.2, 0) is 11.2 Å². The number of piperidine rings is 1. The van der Waals surface area contributed by atoms with Crippen LogP contribution in [0.15, 0.2) is 56.6 Å². The number of carbonyl (C=O) groups excluding carboxylic acids is 1. The van der Waals surface area contributed by atoms with E-state index in [1.807, 2.05) is 39.9 Å². The monoisotopic (exact) mass is 413 g/mol. The molecule has 0 N–H and O–H groups in total. The second kappa shape index (κ2) is 9.39. The van der Waals surface area contributed by atoms with Gasteiger partial charge in [-0.3, -0.25) is 4.79 Å². The lowest BCUT2D eigenvalue weighted by Crippen LogP contribution is -2.40. The van der Waals surface area contributed by atoms with Crippen molar-refractivity contribution in [2.24, 2.45) is 5.92 Å². The molecule has 5 nitrogen and oxygen atoms in total. The molecule has 1 fully saturated rings. The molecule has 1 aromatic carbocycles. The summed E-state index contributed by atoms with van der Waals surface area (Å²) in [4.78, 5) is 20.4. The number of rotatable bonds is 7. The van der Waals surface area contributed by atoms with Crippen molar-refractivity contribution in [1.82, 2.24) is 15.0 Å². The van der Waals surface area contributed by atoms with Gasteiger partial charge in [-0.1, -0.05) is 23.4 Å². The molecule has 0 saturated carbocycles. The number of hydrogen-bond donors (Lipinski definition) is 0. The smallest absolute Gasteiger partial charge is 0.227 e. The first-order valence-corrected chi connectivity index (χ1v) is 11.5. The van der Waals surface area contributed by atoms with Gasteiger partial charge in [0.1, 0.15) is 0 Å². The molecule has 0 spiro atoms. The molecule has 3 aromatic rings. The molecule has 7 heteroatoms. The predicted molar refractivity (Wildman–Crippen MR) is 112 cm³/mol. The van der Waals surface area contributed by atoms with E-state index in [-0.39, 0.29) is 5.91 Å². The van der Waals surface area contributed by atoms with Crippen molar-refractivity contribution in [3.8, 4) is 11.4 Å². The third-order valence-corrected chi connectivity index (χ3v) is 6.61. The first kappa shape index (κ1) is 19.2. The van der Waals surface area contributed by atoms with Gasteiger partial charge in [-0.25, -0.2) is 0 Å². The van der Waals surface area contributed by atoms with E-state index in [4.69, 9.17) is 4.52 Å². The number of benzene rings is 1. The van der Waals surface area contributed by atoms with Gasteiger partial charge in [0, 0.05) is 47.5 Å². The lowest BCUT2D eigenvalue weighted by atomic mass is 9.94. The van der Waals surface area contributed by atoms with E-state index in [0.717, 1.165) is 43.7 Å². The largest absolute Gasteiger partial charge is 0.342 e. The van der Waals surface area contributed by atoms with Crippen LogP contribution in [0.2, 0.25) is 0 Å². The Morgan fingerprint density at radius 2 is 2.18 bits per heavy atom. The zero-order valence-electron chi connectivity index (χ0n) is 15.6. The molecule has 2 aromatic heterocycles. The molecule has 1 amide bonds. The molecule has 4 rings (SSSR count). The summed E-state index contributed by atoms with van der Waals surface area (Å²) < 4.78 is 5.44. The highest BCUT2D eigenvalue weighted by Gasteiger charge is 2.25. The molecule has 1 atom stereocenters. The van der Waals surface area contributed by atoms with E-state index in [1.54, 1.807) is 23.1 Å². The Balaban J connectivity index is 1.26. The van der Waals surface area contributed by atoms with Crippen molar-refractivity contribution < 1.29 is 9.32 Å². The number of aromatic nitrogens is 2. The molecular formula is C21H23N3O2S2. The van der Waals surface area contributed by atoms with Crippen molar-refractivity contribution in [2.75, 3.05) is 18.8 Å². The van der Waals surface area contributed by atoms with E-state index >= 15 is 0 Å². The normalized spacial score (nSPS) is 17.0. The van der Waals surface area contributed by atoms with Gasteiger partial charge in [0.15, 0.2) is 0 Å². The highest BCUT2D eigenvalue weighted by Crippen LogP contribution is 2.24. The first-order valence-electron chi connectivity index (χ1n) is 9.59. The number of thioether (sulfide) groups is 1. The number of amides is 1. The average molecular weight is 414 g/mol. The molecule has 1 aliphatic rings. The number of hydrogen-bond acceptors (Lipinski definition) is 6. The number of thiophene rings is 1. The highest BCUT2D eigenvalue weighted by molar-refractivity contribution is 7.99. The van der Waals surface area contributed by atoms with Crippen LogP contribution in [0, 0.1) is 5.92 Å². The maximum atomic E-state index is 12.6. The molecule has 146 valence electrons. The number of likely N-dealkylation sites (tertiary alicyclic amines) is 1. The molecule has 1 unspecified atom stereocenters. The van der Waals surface area contributed by atoms with Gasteiger partial charge in [0.2, 0.25) is 17.6 Å². The van der Waals surface area contributed by atoms with Gasteiger partial charge in [-0.15, -0.1) is 11.8 Å². The van der Waals surface area contributed by atoms with Crippen molar-refractivity contribution in [3.63, 3.8) is 0 Å². The molecule has 0 aliphatic carbocycles. The Hall–Kier alpha value is -2.12. The Labute approximate surface area is 173 Å². The minimum atomic E-state index is 0.248. The second-order valence-corrected chi connectivity index (χ2v) is 8.94. The van der Waals surface area contributed by atoms with Crippen molar-refractivity contribution in [2.45, 2.75) is 30.6 Å². The molecule has 1 aliphatic heterocycles. The summed E-state index contributed by atoms with van der Waals surface area (Å²) in [5, 5.41) is 8.11. The van der Waals surface area contributed by atoms with E-state index in [2.05, 4.69) is 22.3 Å². The van der Waals surface area contributed by atoms with E-state index < -0.39 is 0 Å². The topological polar surface area (TPSA) is 59.2 Å². The van der Waals surface area contributed by atoms with Gasteiger partial charge in [0.05, 0.1) is 0 Å². The Kier molecular flexibility index (Phi) is 6.44. The van der Waals surface area contributed by atoms with E-state index in [9.17, 15) is 4.79 Å². The maximum Gasteiger partial charge on any atom is 0.227 e. The zero-order chi connectivity index (χ0) is 19.2. The Bertz CT molecular complexity index is 880. The minimum Gasteiger partial charge on any atom is -0.342 e.